The summed E-state index contributed by atoms with van der Waals surface area (Å²) >= 11 is 0. The second-order valence-electron chi connectivity index (χ2n) is 8.18. The molecule has 28 heavy (non-hydrogen) atoms. The van der Waals surface area contributed by atoms with Crippen molar-refractivity contribution in [2.24, 2.45) is 0 Å². The van der Waals surface area contributed by atoms with Crippen LogP contribution in [0.3, 0.4) is 0 Å². The van der Waals surface area contributed by atoms with Crippen molar-refractivity contribution < 1.29 is 14.3 Å². The number of urea groups is 1. The molecule has 1 saturated heterocycles. The number of anilines is 1. The lowest BCUT2D eigenvalue weighted by Gasteiger charge is -2.36. The zero-order valence-corrected chi connectivity index (χ0v) is 16.8. The lowest BCUT2D eigenvalue weighted by molar-refractivity contribution is 0.0505. The molecule has 0 saturated carbocycles. The number of hydrogen-bond acceptors (Lipinski definition) is 3. The van der Waals surface area contributed by atoms with Crippen molar-refractivity contribution >= 4 is 28.6 Å². The molecule has 1 aliphatic heterocycles. The minimum Gasteiger partial charge on any atom is -0.444 e. The number of amides is 3. The number of hydrogen-bond donors (Lipinski definition) is 2. The predicted molar refractivity (Wildman–Crippen MR) is 112 cm³/mol. The van der Waals surface area contributed by atoms with Gasteiger partial charge >= 0.3 is 12.1 Å². The fourth-order valence-electron chi connectivity index (χ4n) is 3.52. The number of likely N-dealkylation sites (tertiary alicyclic amines) is 1. The molecule has 6 heteroatoms. The van der Waals surface area contributed by atoms with E-state index in [4.69, 9.17) is 4.74 Å². The Hall–Kier alpha value is -2.76. The monoisotopic (exact) mass is 383 g/mol. The second kappa shape index (κ2) is 8.50. The van der Waals surface area contributed by atoms with Crippen molar-refractivity contribution in [3.8, 4) is 0 Å². The van der Waals surface area contributed by atoms with Crippen LogP contribution >= 0.6 is 0 Å². The van der Waals surface area contributed by atoms with E-state index in [0.717, 1.165) is 35.7 Å². The Labute approximate surface area is 166 Å². The molecular formula is C22H29N3O3. The van der Waals surface area contributed by atoms with E-state index in [-0.39, 0.29) is 12.1 Å². The van der Waals surface area contributed by atoms with E-state index in [1.807, 2.05) is 68.1 Å². The molecule has 2 aromatic rings. The van der Waals surface area contributed by atoms with Gasteiger partial charge in [0.1, 0.15) is 5.60 Å². The summed E-state index contributed by atoms with van der Waals surface area (Å²) in [6, 6.07) is 13.7. The van der Waals surface area contributed by atoms with Gasteiger partial charge in [0.15, 0.2) is 0 Å². The Kier molecular flexibility index (Phi) is 6.07. The second-order valence-corrected chi connectivity index (χ2v) is 8.18. The molecule has 0 bridgehead atoms. The van der Waals surface area contributed by atoms with Crippen molar-refractivity contribution in [3.05, 3.63) is 42.5 Å². The molecule has 1 atom stereocenters. The van der Waals surface area contributed by atoms with Crippen molar-refractivity contribution in [2.75, 3.05) is 18.4 Å². The van der Waals surface area contributed by atoms with Crippen LogP contribution in [0.5, 0.6) is 0 Å². The molecule has 0 aliphatic carbocycles. The molecule has 6 nitrogen and oxygen atoms in total. The summed E-state index contributed by atoms with van der Waals surface area (Å²) in [6.07, 6.45) is 2.41. The lowest BCUT2D eigenvalue weighted by Crippen LogP contribution is -2.51. The van der Waals surface area contributed by atoms with Crippen LogP contribution in [0.4, 0.5) is 15.3 Å². The lowest BCUT2D eigenvalue weighted by atomic mass is 10.0. The molecule has 3 rings (SSSR count). The highest BCUT2D eigenvalue weighted by Gasteiger charge is 2.28. The van der Waals surface area contributed by atoms with Crippen LogP contribution in [0.1, 0.15) is 40.0 Å². The van der Waals surface area contributed by atoms with Crippen molar-refractivity contribution in [1.82, 2.24) is 10.2 Å². The molecule has 3 amide bonds. The van der Waals surface area contributed by atoms with Gasteiger partial charge in [0, 0.05) is 18.5 Å². The van der Waals surface area contributed by atoms with Crippen LogP contribution < -0.4 is 10.6 Å². The van der Waals surface area contributed by atoms with E-state index in [0.29, 0.717) is 13.1 Å². The first-order valence-corrected chi connectivity index (χ1v) is 9.86. The maximum atomic E-state index is 13.0. The molecule has 0 unspecified atom stereocenters. The molecule has 1 heterocycles. The van der Waals surface area contributed by atoms with Gasteiger partial charge in [-0.05, 0) is 51.5 Å². The first kappa shape index (κ1) is 20.0. The molecule has 2 aromatic carbocycles. The number of alkyl carbamates (subject to hydrolysis) is 1. The Morgan fingerprint density at radius 2 is 1.86 bits per heavy atom. The summed E-state index contributed by atoms with van der Waals surface area (Å²) in [5.74, 6) is 0. The van der Waals surface area contributed by atoms with Crippen LogP contribution in [0.15, 0.2) is 42.5 Å². The minimum absolute atomic E-state index is 0.0451. The number of carbonyl (C=O) groups excluding carboxylic acids is 2. The Balaban J connectivity index is 1.66. The average molecular weight is 383 g/mol. The van der Waals surface area contributed by atoms with Gasteiger partial charge < -0.3 is 20.3 Å². The summed E-state index contributed by atoms with van der Waals surface area (Å²) in [5.41, 5.74) is 0.259. The minimum atomic E-state index is -0.540. The Morgan fingerprint density at radius 3 is 2.64 bits per heavy atom. The molecule has 2 N–H and O–H groups in total. The van der Waals surface area contributed by atoms with Gasteiger partial charge in [-0.1, -0.05) is 36.4 Å². The number of fused-ring (bicyclic) bond motifs is 1. The highest BCUT2D eigenvalue weighted by atomic mass is 16.6. The third kappa shape index (κ3) is 5.15. The number of rotatable bonds is 3. The fourth-order valence-corrected chi connectivity index (χ4v) is 3.52. The number of piperidine rings is 1. The van der Waals surface area contributed by atoms with Crippen LogP contribution in [-0.2, 0) is 4.74 Å². The van der Waals surface area contributed by atoms with Crippen LogP contribution in [-0.4, -0.2) is 41.8 Å². The number of nitrogens with one attached hydrogen (secondary N) is 2. The number of benzene rings is 2. The molecule has 0 spiro atoms. The summed E-state index contributed by atoms with van der Waals surface area (Å²) in [5, 5.41) is 7.96. The van der Waals surface area contributed by atoms with Crippen LogP contribution in [0.2, 0.25) is 0 Å². The van der Waals surface area contributed by atoms with E-state index < -0.39 is 11.7 Å². The first-order chi connectivity index (χ1) is 13.3. The standard InChI is InChI=1S/C22H29N3O3/c1-22(2,3)28-21(27)23-15-17-11-6-7-14-25(17)20(26)24-19-13-8-10-16-9-4-5-12-18(16)19/h4-5,8-10,12-13,17H,6-7,11,14-15H2,1-3H3,(H,23,27)(H,24,26)/t17-/m0/s1. The third-order valence-electron chi connectivity index (χ3n) is 4.80. The molecular weight excluding hydrogens is 354 g/mol. The van der Waals surface area contributed by atoms with Crippen molar-refractivity contribution in [1.29, 1.82) is 0 Å². The topological polar surface area (TPSA) is 70.7 Å². The van der Waals surface area contributed by atoms with Gasteiger partial charge in [-0.3, -0.25) is 0 Å². The molecule has 0 radical (unpaired) electrons. The van der Waals surface area contributed by atoms with E-state index >= 15 is 0 Å². The fraction of sp³-hybridized carbons (Fsp3) is 0.455. The highest BCUT2D eigenvalue weighted by molar-refractivity contribution is 6.01. The maximum Gasteiger partial charge on any atom is 0.407 e. The summed E-state index contributed by atoms with van der Waals surface area (Å²) in [6.45, 7) is 6.56. The van der Waals surface area contributed by atoms with E-state index in [1.165, 1.54) is 0 Å². The van der Waals surface area contributed by atoms with Gasteiger partial charge in [0.2, 0.25) is 0 Å². The zero-order chi connectivity index (χ0) is 20.1. The highest BCUT2D eigenvalue weighted by Crippen LogP contribution is 2.24. The number of nitrogens with zero attached hydrogens (tertiary/aromatic N) is 1. The van der Waals surface area contributed by atoms with E-state index in [1.54, 1.807) is 0 Å². The summed E-state index contributed by atoms with van der Waals surface area (Å²) in [7, 11) is 0. The first-order valence-electron chi connectivity index (χ1n) is 9.86. The van der Waals surface area contributed by atoms with Gasteiger partial charge in [-0.2, -0.15) is 0 Å². The third-order valence-corrected chi connectivity index (χ3v) is 4.80. The van der Waals surface area contributed by atoms with Crippen molar-refractivity contribution in [2.45, 2.75) is 51.7 Å². The predicted octanol–water partition coefficient (Wildman–Crippen LogP) is 4.75. The normalized spacial score (nSPS) is 17.2. The maximum absolute atomic E-state index is 13.0. The number of carbonyl (C=O) groups is 2. The SMILES string of the molecule is CC(C)(C)OC(=O)NC[C@@H]1CCCCN1C(=O)Nc1cccc2ccccc12. The molecule has 1 aliphatic rings. The van der Waals surface area contributed by atoms with Crippen LogP contribution in [0, 0.1) is 0 Å². The van der Waals surface area contributed by atoms with Crippen LogP contribution in [0.25, 0.3) is 10.8 Å². The van der Waals surface area contributed by atoms with Gasteiger partial charge in [0.25, 0.3) is 0 Å². The van der Waals surface area contributed by atoms with Gasteiger partial charge in [0.05, 0.1) is 11.7 Å². The largest absolute Gasteiger partial charge is 0.444 e. The van der Waals surface area contributed by atoms with Gasteiger partial charge in [-0.15, -0.1) is 0 Å². The van der Waals surface area contributed by atoms with E-state index in [2.05, 4.69) is 10.6 Å². The molecule has 150 valence electrons. The number of ether oxygens (including phenoxy) is 1. The Bertz CT molecular complexity index is 839. The zero-order valence-electron chi connectivity index (χ0n) is 16.8. The average Bonchev–Trinajstić information content (AvgIpc) is 2.65. The smallest absolute Gasteiger partial charge is 0.407 e. The van der Waals surface area contributed by atoms with Crippen molar-refractivity contribution in [3.63, 3.8) is 0 Å². The summed E-state index contributed by atoms with van der Waals surface area (Å²) in [4.78, 5) is 26.8. The Morgan fingerprint density at radius 1 is 1.11 bits per heavy atom. The van der Waals surface area contributed by atoms with Gasteiger partial charge in [-0.25, -0.2) is 9.59 Å². The molecule has 0 aromatic heterocycles. The molecule has 1 fully saturated rings. The van der Waals surface area contributed by atoms with E-state index in [9.17, 15) is 9.59 Å². The quantitative estimate of drug-likeness (QED) is 0.803. The summed E-state index contributed by atoms with van der Waals surface area (Å²) < 4.78 is 5.30.